The van der Waals surface area contributed by atoms with Gasteiger partial charge in [0.1, 0.15) is 0 Å². The molecule has 2 aromatic rings. The highest BCUT2D eigenvalue weighted by atomic mass is 32.2. The molecule has 0 aliphatic heterocycles. The summed E-state index contributed by atoms with van der Waals surface area (Å²) in [5.74, 6) is 0.553. The zero-order valence-corrected chi connectivity index (χ0v) is 14.2. The van der Waals surface area contributed by atoms with Crippen molar-refractivity contribution in [3.8, 4) is 0 Å². The highest BCUT2D eigenvalue weighted by Gasteiger charge is 2.15. The van der Waals surface area contributed by atoms with Crippen LogP contribution in [0.25, 0.3) is 5.78 Å². The van der Waals surface area contributed by atoms with E-state index in [-0.39, 0.29) is 5.91 Å². The van der Waals surface area contributed by atoms with Crippen LogP contribution in [0.4, 0.5) is 0 Å². The summed E-state index contributed by atoms with van der Waals surface area (Å²) in [6.45, 7) is 5.09. The number of hydrogen-bond donors (Lipinski definition) is 1. The van der Waals surface area contributed by atoms with Crippen molar-refractivity contribution in [2.24, 2.45) is 0 Å². The molecule has 22 heavy (non-hydrogen) atoms. The molecule has 0 saturated carbocycles. The summed E-state index contributed by atoms with van der Waals surface area (Å²) in [7, 11) is 1.65. The van der Waals surface area contributed by atoms with Crippen LogP contribution in [0, 0.1) is 13.8 Å². The first-order chi connectivity index (χ1) is 10.6. The van der Waals surface area contributed by atoms with Crippen LogP contribution in [0.5, 0.6) is 0 Å². The molecule has 0 spiro atoms. The van der Waals surface area contributed by atoms with Crippen LogP contribution in [-0.2, 0) is 16.0 Å². The van der Waals surface area contributed by atoms with Gasteiger partial charge in [0.05, 0.1) is 6.42 Å². The Balaban J connectivity index is 2.15. The van der Waals surface area contributed by atoms with Gasteiger partial charge in [-0.1, -0.05) is 11.8 Å². The maximum absolute atomic E-state index is 12.0. The predicted octanol–water partition coefficient (Wildman–Crippen LogP) is 1.16. The number of ether oxygens (including phenoxy) is 1. The molecule has 0 aliphatic carbocycles. The third-order valence-electron chi connectivity index (χ3n) is 3.40. The molecule has 7 nitrogen and oxygen atoms in total. The van der Waals surface area contributed by atoms with Crippen LogP contribution in [0.15, 0.2) is 5.16 Å². The van der Waals surface area contributed by atoms with E-state index < -0.39 is 0 Å². The topological polar surface area (TPSA) is 81.4 Å². The fourth-order valence-electron chi connectivity index (χ4n) is 2.20. The van der Waals surface area contributed by atoms with E-state index in [1.54, 1.807) is 11.6 Å². The van der Waals surface area contributed by atoms with Gasteiger partial charge in [-0.25, -0.2) is 9.50 Å². The van der Waals surface area contributed by atoms with Gasteiger partial charge >= 0.3 is 0 Å². The second-order valence-corrected chi connectivity index (χ2v) is 5.72. The lowest BCUT2D eigenvalue weighted by Gasteiger charge is -2.10. The number of aromatic nitrogens is 4. The summed E-state index contributed by atoms with van der Waals surface area (Å²) in [5.41, 5.74) is 2.62. The van der Waals surface area contributed by atoms with Crippen molar-refractivity contribution >= 4 is 23.4 Å². The molecule has 0 bridgehead atoms. The van der Waals surface area contributed by atoms with Gasteiger partial charge in [0, 0.05) is 37.2 Å². The lowest BCUT2D eigenvalue weighted by atomic mass is 10.1. The SMILES string of the molecule is COCCCNC(=O)Cc1c(C)nc2nc(SC)nn2c1C. The molecular weight excluding hydrogens is 302 g/mol. The highest BCUT2D eigenvalue weighted by Crippen LogP contribution is 2.17. The van der Waals surface area contributed by atoms with Gasteiger partial charge in [-0.3, -0.25) is 4.79 Å². The van der Waals surface area contributed by atoms with Crippen molar-refractivity contribution in [2.45, 2.75) is 31.8 Å². The Morgan fingerprint density at radius 3 is 2.82 bits per heavy atom. The minimum absolute atomic E-state index is 0.0198. The normalized spacial score (nSPS) is 11.1. The van der Waals surface area contributed by atoms with Gasteiger partial charge < -0.3 is 10.1 Å². The molecule has 2 heterocycles. The van der Waals surface area contributed by atoms with Crippen molar-refractivity contribution in [3.63, 3.8) is 0 Å². The number of methoxy groups -OCH3 is 1. The monoisotopic (exact) mass is 323 g/mol. The molecule has 0 radical (unpaired) electrons. The Kier molecular flexibility index (Phi) is 5.73. The lowest BCUT2D eigenvalue weighted by molar-refractivity contribution is -0.120. The van der Waals surface area contributed by atoms with Crippen LogP contribution < -0.4 is 5.32 Å². The Hall–Kier alpha value is -1.67. The lowest BCUT2D eigenvalue weighted by Crippen LogP contribution is -2.27. The van der Waals surface area contributed by atoms with E-state index in [2.05, 4.69) is 20.4 Å². The molecule has 8 heteroatoms. The van der Waals surface area contributed by atoms with Gasteiger partial charge in [0.15, 0.2) is 0 Å². The smallest absolute Gasteiger partial charge is 0.253 e. The number of amides is 1. The van der Waals surface area contributed by atoms with Gasteiger partial charge in [0.2, 0.25) is 11.1 Å². The quantitative estimate of drug-likeness (QED) is 0.608. The number of nitrogens with zero attached hydrogens (tertiary/aromatic N) is 4. The minimum Gasteiger partial charge on any atom is -0.385 e. The number of hydrogen-bond acceptors (Lipinski definition) is 6. The maximum atomic E-state index is 12.0. The van der Waals surface area contributed by atoms with E-state index in [1.165, 1.54) is 11.8 Å². The largest absolute Gasteiger partial charge is 0.385 e. The summed E-state index contributed by atoms with van der Waals surface area (Å²) in [4.78, 5) is 20.8. The Morgan fingerprint density at radius 1 is 1.36 bits per heavy atom. The molecule has 120 valence electrons. The summed E-state index contributed by atoms with van der Waals surface area (Å²) >= 11 is 1.47. The summed E-state index contributed by atoms with van der Waals surface area (Å²) < 4.78 is 6.66. The van der Waals surface area contributed by atoms with E-state index in [4.69, 9.17) is 4.74 Å². The molecule has 2 rings (SSSR count). The fourth-order valence-corrected chi connectivity index (χ4v) is 2.54. The zero-order chi connectivity index (χ0) is 16.1. The van der Waals surface area contributed by atoms with Crippen LogP contribution in [0.3, 0.4) is 0 Å². The third kappa shape index (κ3) is 3.75. The number of aryl methyl sites for hydroxylation is 2. The number of rotatable bonds is 7. The van der Waals surface area contributed by atoms with Gasteiger partial charge in [-0.15, -0.1) is 5.10 Å². The second-order valence-electron chi connectivity index (χ2n) is 4.94. The van der Waals surface area contributed by atoms with Gasteiger partial charge in [-0.2, -0.15) is 4.98 Å². The molecule has 0 saturated heterocycles. The van der Waals surface area contributed by atoms with Crippen molar-refractivity contribution in [2.75, 3.05) is 26.5 Å². The number of carbonyl (C=O) groups excluding carboxylic acids is 1. The molecule has 1 N–H and O–H groups in total. The molecular formula is C14H21N5O2S. The molecule has 0 aliphatic rings. The summed E-state index contributed by atoms with van der Waals surface area (Å²) in [6, 6.07) is 0. The molecule has 0 aromatic carbocycles. The third-order valence-corrected chi connectivity index (χ3v) is 3.93. The number of fused-ring (bicyclic) bond motifs is 1. The van der Waals surface area contributed by atoms with Crippen LogP contribution in [0.2, 0.25) is 0 Å². The fraction of sp³-hybridized carbons (Fsp3) is 0.571. The van der Waals surface area contributed by atoms with E-state index >= 15 is 0 Å². The first-order valence-corrected chi connectivity index (χ1v) is 8.31. The minimum atomic E-state index is -0.0198. The number of thioether (sulfide) groups is 1. The van der Waals surface area contributed by atoms with Gasteiger partial charge in [0.25, 0.3) is 5.78 Å². The summed E-state index contributed by atoms with van der Waals surface area (Å²) in [6.07, 6.45) is 3.02. The Bertz CT molecular complexity index is 671. The average Bonchev–Trinajstić information content (AvgIpc) is 2.91. The van der Waals surface area contributed by atoms with Crippen LogP contribution >= 0.6 is 11.8 Å². The van der Waals surface area contributed by atoms with Crippen LogP contribution in [-0.4, -0.2) is 52.0 Å². The first kappa shape index (κ1) is 16.7. The van der Waals surface area contributed by atoms with E-state index in [9.17, 15) is 4.79 Å². The second kappa shape index (κ2) is 7.55. The first-order valence-electron chi connectivity index (χ1n) is 7.09. The Labute approximate surface area is 133 Å². The summed E-state index contributed by atoms with van der Waals surface area (Å²) in [5, 5.41) is 7.95. The van der Waals surface area contributed by atoms with Gasteiger partial charge in [-0.05, 0) is 26.5 Å². The van der Waals surface area contributed by atoms with Crippen molar-refractivity contribution in [3.05, 3.63) is 17.0 Å². The highest BCUT2D eigenvalue weighted by molar-refractivity contribution is 7.98. The Morgan fingerprint density at radius 2 is 2.14 bits per heavy atom. The molecule has 0 atom stereocenters. The molecule has 1 amide bonds. The van der Waals surface area contributed by atoms with E-state index in [1.807, 2.05) is 20.1 Å². The number of carbonyl (C=O) groups is 1. The average molecular weight is 323 g/mol. The zero-order valence-electron chi connectivity index (χ0n) is 13.3. The van der Waals surface area contributed by atoms with Crippen molar-refractivity contribution < 1.29 is 9.53 Å². The van der Waals surface area contributed by atoms with Crippen molar-refractivity contribution in [1.82, 2.24) is 24.9 Å². The van der Waals surface area contributed by atoms with Crippen LogP contribution in [0.1, 0.15) is 23.4 Å². The predicted molar refractivity (Wildman–Crippen MR) is 85.2 cm³/mol. The van der Waals surface area contributed by atoms with E-state index in [0.717, 1.165) is 23.4 Å². The molecule has 2 aromatic heterocycles. The van der Waals surface area contributed by atoms with Crippen molar-refractivity contribution in [1.29, 1.82) is 0 Å². The standard InChI is InChI=1S/C14H21N5O2S/c1-9-11(8-12(20)15-6-5-7-21-3)10(2)19-13(16-9)17-14(18-19)22-4/h5-8H2,1-4H3,(H,15,20). The van der Waals surface area contributed by atoms with E-state index in [0.29, 0.717) is 30.5 Å². The number of nitrogens with one attached hydrogen (secondary N) is 1. The molecule has 0 unspecified atom stereocenters. The maximum Gasteiger partial charge on any atom is 0.253 e. The molecule has 0 fully saturated rings.